The molecule has 3 aromatic rings. The summed E-state index contributed by atoms with van der Waals surface area (Å²) in [7, 11) is 0. The van der Waals surface area contributed by atoms with Gasteiger partial charge >= 0.3 is 0 Å². The molecule has 0 fully saturated rings. The van der Waals surface area contributed by atoms with E-state index in [4.69, 9.17) is 16.3 Å². The second-order valence-corrected chi connectivity index (χ2v) is 7.43. The van der Waals surface area contributed by atoms with Gasteiger partial charge in [0.15, 0.2) is 0 Å². The van der Waals surface area contributed by atoms with E-state index in [0.717, 1.165) is 26.8 Å². The third-order valence-electron chi connectivity index (χ3n) is 5.10. The van der Waals surface area contributed by atoms with Crippen molar-refractivity contribution in [1.29, 1.82) is 5.26 Å². The lowest BCUT2D eigenvalue weighted by atomic mass is 9.82. The van der Waals surface area contributed by atoms with Crippen LogP contribution in [-0.4, -0.2) is 16.7 Å². The van der Waals surface area contributed by atoms with Gasteiger partial charge in [0.2, 0.25) is 17.7 Å². The minimum atomic E-state index is -0.524. The van der Waals surface area contributed by atoms with Crippen LogP contribution in [0.25, 0.3) is 10.8 Å². The average Bonchev–Trinajstić information content (AvgIpc) is 2.73. The van der Waals surface area contributed by atoms with Gasteiger partial charge in [-0.2, -0.15) is 5.26 Å². The van der Waals surface area contributed by atoms with Gasteiger partial charge in [-0.1, -0.05) is 60.1 Å². The molecule has 0 saturated heterocycles. The Morgan fingerprint density at radius 1 is 1.00 bits per heavy atom. The van der Waals surface area contributed by atoms with Gasteiger partial charge in [0, 0.05) is 29.8 Å². The molecule has 0 aromatic heterocycles. The van der Waals surface area contributed by atoms with Crippen LogP contribution in [0.3, 0.4) is 0 Å². The molecule has 1 atom stereocenters. The van der Waals surface area contributed by atoms with Crippen molar-refractivity contribution in [3.05, 3.63) is 88.3 Å². The number of allylic oxidation sites excluding steroid dienone is 1. The summed E-state index contributed by atoms with van der Waals surface area (Å²) in [6.45, 7) is 2.53. The van der Waals surface area contributed by atoms with Gasteiger partial charge in [0.25, 0.3) is 0 Å². The molecule has 1 aliphatic heterocycles. The standard InChI is InChI=1S/C24H17ClN2O3/c1-14(28)27(15(2)29)24-21(13-26)22(17-7-10-18(25)11-8-17)20-12-9-16-5-3-4-6-19(16)23(20)30-24/h3-12,22H,1-2H3. The van der Waals surface area contributed by atoms with Crippen molar-refractivity contribution in [2.24, 2.45) is 0 Å². The number of ether oxygens (including phenoxy) is 1. The number of carbonyl (C=O) groups is 2. The first-order valence-corrected chi connectivity index (χ1v) is 9.70. The molecule has 0 bridgehead atoms. The van der Waals surface area contributed by atoms with Crippen molar-refractivity contribution in [1.82, 2.24) is 4.90 Å². The fourth-order valence-corrected chi connectivity index (χ4v) is 3.95. The molecule has 5 nitrogen and oxygen atoms in total. The van der Waals surface area contributed by atoms with E-state index in [-0.39, 0.29) is 11.5 Å². The first-order valence-electron chi connectivity index (χ1n) is 9.33. The fraction of sp³-hybridized carbons (Fsp3) is 0.125. The van der Waals surface area contributed by atoms with Crippen LogP contribution in [-0.2, 0) is 9.59 Å². The third kappa shape index (κ3) is 3.22. The Labute approximate surface area is 178 Å². The molecule has 0 N–H and O–H groups in total. The van der Waals surface area contributed by atoms with Gasteiger partial charge in [0.05, 0.1) is 5.92 Å². The van der Waals surface area contributed by atoms with E-state index < -0.39 is 17.7 Å². The topological polar surface area (TPSA) is 70.4 Å². The van der Waals surface area contributed by atoms with Crippen molar-refractivity contribution in [2.45, 2.75) is 19.8 Å². The lowest BCUT2D eigenvalue weighted by molar-refractivity contribution is -0.141. The number of amides is 2. The molecule has 3 aromatic carbocycles. The van der Waals surface area contributed by atoms with E-state index in [0.29, 0.717) is 10.8 Å². The van der Waals surface area contributed by atoms with Gasteiger partial charge in [-0.3, -0.25) is 9.59 Å². The summed E-state index contributed by atoms with van der Waals surface area (Å²) in [5.41, 5.74) is 1.77. The van der Waals surface area contributed by atoms with Crippen LogP contribution in [0.2, 0.25) is 5.02 Å². The van der Waals surface area contributed by atoms with Crippen molar-refractivity contribution >= 4 is 34.2 Å². The molecule has 6 heteroatoms. The molecule has 1 unspecified atom stereocenters. The van der Waals surface area contributed by atoms with Crippen LogP contribution in [0.15, 0.2) is 72.1 Å². The summed E-state index contributed by atoms with van der Waals surface area (Å²) in [5, 5.41) is 12.4. The second-order valence-electron chi connectivity index (χ2n) is 7.00. The largest absolute Gasteiger partial charge is 0.438 e. The highest BCUT2D eigenvalue weighted by molar-refractivity contribution is 6.30. The summed E-state index contributed by atoms with van der Waals surface area (Å²) in [5.74, 6) is -1.10. The number of nitriles is 1. The Morgan fingerprint density at radius 2 is 1.67 bits per heavy atom. The van der Waals surface area contributed by atoms with E-state index in [1.165, 1.54) is 13.8 Å². The second kappa shape index (κ2) is 7.66. The highest BCUT2D eigenvalue weighted by Gasteiger charge is 2.37. The molecule has 1 heterocycles. The molecule has 1 aliphatic rings. The maximum atomic E-state index is 12.3. The number of hydrogen-bond donors (Lipinski definition) is 0. The number of hydrogen-bond acceptors (Lipinski definition) is 4. The highest BCUT2D eigenvalue weighted by atomic mass is 35.5. The van der Waals surface area contributed by atoms with Gasteiger partial charge in [0.1, 0.15) is 17.4 Å². The van der Waals surface area contributed by atoms with Crippen molar-refractivity contribution < 1.29 is 14.3 Å². The first kappa shape index (κ1) is 19.7. The molecular weight excluding hydrogens is 400 g/mol. The van der Waals surface area contributed by atoms with Crippen molar-refractivity contribution in [2.75, 3.05) is 0 Å². The molecule has 0 saturated carbocycles. The molecule has 2 amide bonds. The Bertz CT molecular complexity index is 1240. The fourth-order valence-electron chi connectivity index (χ4n) is 3.82. The summed E-state index contributed by atoms with van der Waals surface area (Å²) >= 11 is 6.06. The average molecular weight is 417 g/mol. The monoisotopic (exact) mass is 416 g/mol. The molecule has 0 spiro atoms. The van der Waals surface area contributed by atoms with E-state index in [9.17, 15) is 14.9 Å². The minimum Gasteiger partial charge on any atom is -0.438 e. The molecule has 0 aliphatic carbocycles. The van der Waals surface area contributed by atoms with Crippen LogP contribution in [0.4, 0.5) is 0 Å². The predicted octanol–water partition coefficient (Wildman–Crippen LogP) is 5.15. The SMILES string of the molecule is CC(=O)N(C(C)=O)C1=C(C#N)C(c2ccc(Cl)cc2)c2ccc3ccccc3c2O1. The van der Waals surface area contributed by atoms with E-state index in [1.54, 1.807) is 12.1 Å². The number of benzene rings is 3. The van der Waals surface area contributed by atoms with Gasteiger partial charge < -0.3 is 4.74 Å². The third-order valence-corrected chi connectivity index (χ3v) is 5.35. The Morgan fingerprint density at radius 3 is 2.30 bits per heavy atom. The normalized spacial score (nSPS) is 15.2. The van der Waals surface area contributed by atoms with Gasteiger partial charge in [-0.25, -0.2) is 4.90 Å². The van der Waals surface area contributed by atoms with Crippen molar-refractivity contribution in [3.8, 4) is 11.8 Å². The molecular formula is C24H17ClN2O3. The van der Waals surface area contributed by atoms with Crippen LogP contribution in [0.1, 0.15) is 30.9 Å². The zero-order chi connectivity index (χ0) is 21.4. The van der Waals surface area contributed by atoms with Crippen LogP contribution < -0.4 is 4.74 Å². The lowest BCUT2D eigenvalue weighted by Crippen LogP contribution is -2.37. The van der Waals surface area contributed by atoms with Crippen molar-refractivity contribution in [3.63, 3.8) is 0 Å². The number of imide groups is 1. The number of nitrogens with zero attached hydrogens (tertiary/aromatic N) is 2. The van der Waals surface area contributed by atoms with Crippen LogP contribution in [0.5, 0.6) is 5.75 Å². The first-order chi connectivity index (χ1) is 14.4. The highest BCUT2D eigenvalue weighted by Crippen LogP contribution is 2.46. The van der Waals surface area contributed by atoms with E-state index >= 15 is 0 Å². The quantitative estimate of drug-likeness (QED) is 0.579. The Hall–Kier alpha value is -3.62. The maximum absolute atomic E-state index is 12.3. The minimum absolute atomic E-state index is 0.0543. The summed E-state index contributed by atoms with van der Waals surface area (Å²) in [6, 6.07) is 20.9. The molecule has 148 valence electrons. The summed E-state index contributed by atoms with van der Waals surface area (Å²) in [4.78, 5) is 25.5. The zero-order valence-corrected chi connectivity index (χ0v) is 17.1. The summed E-state index contributed by atoms with van der Waals surface area (Å²) in [6.07, 6.45) is 0. The van der Waals surface area contributed by atoms with Gasteiger partial charge in [-0.05, 0) is 23.1 Å². The number of rotatable bonds is 2. The molecule has 30 heavy (non-hydrogen) atoms. The number of fused-ring (bicyclic) bond motifs is 3. The molecule has 4 rings (SSSR count). The van der Waals surface area contributed by atoms with E-state index in [1.807, 2.05) is 48.5 Å². The van der Waals surface area contributed by atoms with Gasteiger partial charge in [-0.15, -0.1) is 0 Å². The van der Waals surface area contributed by atoms with E-state index in [2.05, 4.69) is 6.07 Å². The molecule has 0 radical (unpaired) electrons. The Kier molecular flexibility index (Phi) is 5.03. The maximum Gasteiger partial charge on any atom is 0.233 e. The predicted molar refractivity (Wildman–Crippen MR) is 114 cm³/mol. The summed E-state index contributed by atoms with van der Waals surface area (Å²) < 4.78 is 6.12. The smallest absolute Gasteiger partial charge is 0.233 e. The number of carbonyl (C=O) groups excluding carboxylic acids is 2. The van der Waals surface area contributed by atoms with Crippen LogP contribution in [0, 0.1) is 11.3 Å². The van der Waals surface area contributed by atoms with Crippen LogP contribution >= 0.6 is 11.6 Å². The lowest BCUT2D eigenvalue weighted by Gasteiger charge is -2.32. The Balaban J connectivity index is 2.05. The zero-order valence-electron chi connectivity index (χ0n) is 16.3. The number of halogens is 1.